The van der Waals surface area contributed by atoms with Gasteiger partial charge in [0.25, 0.3) is 0 Å². The Balaban J connectivity index is 0.00000208. The minimum atomic E-state index is -3.50. The van der Waals surface area contributed by atoms with Gasteiger partial charge in [0.05, 0.1) is 12.2 Å². The highest BCUT2D eigenvalue weighted by Gasteiger charge is 2.29. The smallest absolute Gasteiger partial charge is 0.243 e. The van der Waals surface area contributed by atoms with Crippen LogP contribution in [0.5, 0.6) is 0 Å². The third-order valence-electron chi connectivity index (χ3n) is 4.95. The quantitative estimate of drug-likeness (QED) is 0.807. The number of nitrogens with one attached hydrogen (secondary N) is 2. The normalized spacial score (nSPS) is 22.0. The molecule has 2 aliphatic heterocycles. The van der Waals surface area contributed by atoms with Crippen molar-refractivity contribution < 1.29 is 13.2 Å². The molecule has 0 unspecified atom stereocenters. The Morgan fingerprint density at radius 3 is 2.71 bits per heavy atom. The molecule has 0 spiro atoms. The van der Waals surface area contributed by atoms with Crippen molar-refractivity contribution in [2.24, 2.45) is 5.41 Å². The lowest BCUT2D eigenvalue weighted by molar-refractivity contribution is 0.0662. The highest BCUT2D eigenvalue weighted by molar-refractivity contribution is 7.89. The lowest BCUT2D eigenvalue weighted by atomic mass is 9.81. The van der Waals surface area contributed by atoms with Crippen LogP contribution in [0.3, 0.4) is 0 Å². The Morgan fingerprint density at radius 1 is 1.38 bits per heavy atom. The van der Waals surface area contributed by atoms with E-state index < -0.39 is 10.0 Å². The first-order valence-corrected chi connectivity index (χ1v) is 9.79. The lowest BCUT2D eigenvalue weighted by Gasteiger charge is -2.33. The van der Waals surface area contributed by atoms with E-state index in [1.807, 2.05) is 0 Å². The Labute approximate surface area is 150 Å². The molecule has 1 aromatic heterocycles. The van der Waals surface area contributed by atoms with Gasteiger partial charge in [-0.25, -0.2) is 13.1 Å². The van der Waals surface area contributed by atoms with Crippen LogP contribution in [-0.4, -0.2) is 51.0 Å². The Bertz CT molecular complexity index is 622. The molecule has 3 heterocycles. The van der Waals surface area contributed by atoms with Gasteiger partial charge in [-0.1, -0.05) is 6.92 Å². The summed E-state index contributed by atoms with van der Waals surface area (Å²) in [5.41, 5.74) is 0.0228. The van der Waals surface area contributed by atoms with Gasteiger partial charge < -0.3 is 10.1 Å². The van der Waals surface area contributed by atoms with E-state index in [-0.39, 0.29) is 28.8 Å². The Hall–Kier alpha value is -0.670. The monoisotopic (exact) mass is 378 g/mol. The van der Waals surface area contributed by atoms with Crippen molar-refractivity contribution in [2.45, 2.75) is 43.5 Å². The first-order chi connectivity index (χ1) is 11.0. The maximum absolute atomic E-state index is 12.5. The number of aromatic nitrogens is 2. The molecule has 0 radical (unpaired) electrons. The zero-order valence-corrected chi connectivity index (χ0v) is 15.7. The number of piperidine rings is 1. The predicted molar refractivity (Wildman–Crippen MR) is 94.0 cm³/mol. The fraction of sp³-hybridized carbons (Fsp3) is 0.800. The first-order valence-electron chi connectivity index (χ1n) is 8.31. The molecule has 9 heteroatoms. The third kappa shape index (κ3) is 4.70. The zero-order valence-electron chi connectivity index (χ0n) is 14.0. The van der Waals surface area contributed by atoms with Crippen LogP contribution in [0.2, 0.25) is 0 Å². The topological polar surface area (TPSA) is 85.2 Å². The van der Waals surface area contributed by atoms with Crippen molar-refractivity contribution >= 4 is 22.4 Å². The van der Waals surface area contributed by atoms with Gasteiger partial charge >= 0.3 is 0 Å². The average molecular weight is 379 g/mol. The minimum Gasteiger partial charge on any atom is -0.381 e. The molecule has 24 heavy (non-hydrogen) atoms. The second-order valence-electron chi connectivity index (χ2n) is 6.88. The molecule has 7 nitrogen and oxygen atoms in total. The van der Waals surface area contributed by atoms with Crippen molar-refractivity contribution in [3.05, 3.63) is 12.4 Å². The molecule has 2 saturated heterocycles. The van der Waals surface area contributed by atoms with Crippen LogP contribution < -0.4 is 10.0 Å². The van der Waals surface area contributed by atoms with E-state index in [1.54, 1.807) is 10.9 Å². The lowest BCUT2D eigenvalue weighted by Crippen LogP contribution is -2.42. The molecule has 2 aliphatic rings. The van der Waals surface area contributed by atoms with Crippen LogP contribution in [0.25, 0.3) is 0 Å². The fourth-order valence-corrected chi connectivity index (χ4v) is 4.31. The van der Waals surface area contributed by atoms with Gasteiger partial charge in [-0.05, 0) is 44.2 Å². The first kappa shape index (κ1) is 19.7. The number of halogens is 1. The van der Waals surface area contributed by atoms with E-state index in [0.717, 1.165) is 38.8 Å². The van der Waals surface area contributed by atoms with Crippen molar-refractivity contribution in [1.82, 2.24) is 19.8 Å². The number of ether oxygens (including phenoxy) is 1. The summed E-state index contributed by atoms with van der Waals surface area (Å²) in [6.45, 7) is 5.91. The van der Waals surface area contributed by atoms with Crippen molar-refractivity contribution in [2.75, 3.05) is 32.8 Å². The van der Waals surface area contributed by atoms with Crippen LogP contribution in [0.1, 0.15) is 38.6 Å². The number of sulfonamides is 1. The molecule has 0 saturated carbocycles. The summed E-state index contributed by atoms with van der Waals surface area (Å²) in [4.78, 5) is 0.251. The molecular formula is C15H27ClN4O3S. The molecular weight excluding hydrogens is 352 g/mol. The van der Waals surface area contributed by atoms with E-state index in [1.165, 1.54) is 6.20 Å². The van der Waals surface area contributed by atoms with E-state index >= 15 is 0 Å². The summed E-state index contributed by atoms with van der Waals surface area (Å²) < 4.78 is 34.9. The number of rotatable bonds is 5. The van der Waals surface area contributed by atoms with Gasteiger partial charge in [-0.3, -0.25) is 4.68 Å². The maximum Gasteiger partial charge on any atom is 0.243 e. The molecule has 3 rings (SSSR count). The summed E-state index contributed by atoms with van der Waals surface area (Å²) in [6, 6.07) is 0.231. The summed E-state index contributed by atoms with van der Waals surface area (Å²) >= 11 is 0. The largest absolute Gasteiger partial charge is 0.381 e. The van der Waals surface area contributed by atoms with Crippen LogP contribution in [0.4, 0.5) is 0 Å². The highest BCUT2D eigenvalue weighted by Crippen LogP contribution is 2.27. The number of hydrogen-bond acceptors (Lipinski definition) is 5. The van der Waals surface area contributed by atoms with Crippen LogP contribution >= 0.6 is 12.4 Å². The summed E-state index contributed by atoms with van der Waals surface area (Å²) in [7, 11) is -3.50. The summed E-state index contributed by atoms with van der Waals surface area (Å²) in [5.74, 6) is 0. The van der Waals surface area contributed by atoms with Gasteiger partial charge in [0.1, 0.15) is 4.90 Å². The molecule has 0 aromatic carbocycles. The summed E-state index contributed by atoms with van der Waals surface area (Å²) in [5, 5.41) is 7.56. The molecule has 0 amide bonds. The minimum absolute atomic E-state index is 0. The standard InChI is InChI=1S/C15H26N4O3S.ClH/c1-15(4-6-16-7-5-15)12-18-23(20,21)14-10-17-19(11-14)13-2-8-22-9-3-13;/h10-11,13,16,18H,2-9,12H2,1H3;1H. The van der Waals surface area contributed by atoms with Crippen molar-refractivity contribution in [3.8, 4) is 0 Å². The fourth-order valence-electron chi connectivity index (χ4n) is 3.17. The zero-order chi connectivity index (χ0) is 16.3. The molecule has 2 N–H and O–H groups in total. The summed E-state index contributed by atoms with van der Waals surface area (Å²) in [6.07, 6.45) is 6.80. The van der Waals surface area contributed by atoms with E-state index in [2.05, 4.69) is 22.1 Å². The van der Waals surface area contributed by atoms with E-state index in [9.17, 15) is 8.42 Å². The van der Waals surface area contributed by atoms with Gasteiger partial charge in [-0.15, -0.1) is 12.4 Å². The second kappa shape index (κ2) is 8.14. The SMILES string of the molecule is CC1(CNS(=O)(=O)c2cnn(C3CCOCC3)c2)CCNCC1.Cl. The van der Waals surface area contributed by atoms with Gasteiger partial charge in [0.15, 0.2) is 0 Å². The molecule has 0 bridgehead atoms. The molecule has 2 fully saturated rings. The van der Waals surface area contributed by atoms with Crippen molar-refractivity contribution in [3.63, 3.8) is 0 Å². The maximum atomic E-state index is 12.5. The molecule has 1 aromatic rings. The Kier molecular flexibility index (Phi) is 6.66. The van der Waals surface area contributed by atoms with Crippen LogP contribution in [-0.2, 0) is 14.8 Å². The van der Waals surface area contributed by atoms with E-state index in [0.29, 0.717) is 19.8 Å². The third-order valence-corrected chi connectivity index (χ3v) is 6.31. The van der Waals surface area contributed by atoms with Gasteiger partial charge in [0.2, 0.25) is 10.0 Å². The van der Waals surface area contributed by atoms with Crippen molar-refractivity contribution in [1.29, 1.82) is 0 Å². The van der Waals surface area contributed by atoms with E-state index in [4.69, 9.17) is 4.74 Å². The molecule has 0 aliphatic carbocycles. The molecule has 0 atom stereocenters. The highest BCUT2D eigenvalue weighted by atomic mass is 35.5. The number of hydrogen-bond donors (Lipinski definition) is 2. The molecule has 138 valence electrons. The average Bonchev–Trinajstić information content (AvgIpc) is 3.06. The Morgan fingerprint density at radius 2 is 2.04 bits per heavy atom. The van der Waals surface area contributed by atoms with Crippen LogP contribution in [0, 0.1) is 5.41 Å². The predicted octanol–water partition coefficient (Wildman–Crippen LogP) is 1.32. The number of nitrogens with zero attached hydrogens (tertiary/aromatic N) is 2. The van der Waals surface area contributed by atoms with Gasteiger partial charge in [-0.2, -0.15) is 5.10 Å². The van der Waals surface area contributed by atoms with Crippen LogP contribution in [0.15, 0.2) is 17.3 Å². The second-order valence-corrected chi connectivity index (χ2v) is 8.65. The van der Waals surface area contributed by atoms with Gasteiger partial charge in [0, 0.05) is 26.0 Å².